The Balaban J connectivity index is 2.96. The quantitative estimate of drug-likeness (QED) is 0.701. The van der Waals surface area contributed by atoms with Gasteiger partial charge in [0.05, 0.1) is 0 Å². The fourth-order valence-corrected chi connectivity index (χ4v) is 2.49. The predicted molar refractivity (Wildman–Crippen MR) is 71.9 cm³/mol. The number of benzene rings is 1. The molecule has 0 atom stereocenters. The predicted octanol–water partition coefficient (Wildman–Crippen LogP) is 4.97. The van der Waals surface area contributed by atoms with Gasteiger partial charge in [0, 0.05) is 10.5 Å². The largest absolute Gasteiger partial charge is 0.543 e. The van der Waals surface area contributed by atoms with E-state index in [1.807, 2.05) is 6.07 Å². The summed E-state index contributed by atoms with van der Waals surface area (Å²) in [6.45, 7) is 10.8. The van der Waals surface area contributed by atoms with Crippen LogP contribution >= 0.6 is 15.9 Å². The third kappa shape index (κ3) is 3.32. The second-order valence-corrected chi connectivity index (χ2v) is 11.1. The van der Waals surface area contributed by atoms with Crippen molar-refractivity contribution >= 4 is 24.2 Å². The molecule has 0 amide bonds. The zero-order chi connectivity index (χ0) is 12.6. The Morgan fingerprint density at radius 3 is 2.19 bits per heavy atom. The SMILES string of the molecule is CC(C)(C)[Si](C)(C)Oc1cc(F)cc(Br)c1. The van der Waals surface area contributed by atoms with Gasteiger partial charge in [-0.1, -0.05) is 36.7 Å². The summed E-state index contributed by atoms with van der Waals surface area (Å²) in [6, 6.07) is 4.67. The standard InChI is InChI=1S/C12H18BrFOSi/c1-12(2,3)16(4,5)15-11-7-9(13)6-10(14)8-11/h6-8H,1-5H3. The Bertz CT molecular complexity index is 365. The van der Waals surface area contributed by atoms with Crippen molar-refractivity contribution in [2.24, 2.45) is 0 Å². The Morgan fingerprint density at radius 1 is 1.19 bits per heavy atom. The van der Waals surface area contributed by atoms with Gasteiger partial charge in [-0.15, -0.1) is 0 Å². The molecule has 0 aromatic heterocycles. The van der Waals surface area contributed by atoms with E-state index in [0.717, 1.165) is 0 Å². The molecule has 0 aliphatic heterocycles. The van der Waals surface area contributed by atoms with Crippen LogP contribution in [0.25, 0.3) is 0 Å². The maximum atomic E-state index is 13.2. The lowest BCUT2D eigenvalue weighted by molar-refractivity contribution is 0.487. The molecule has 0 aliphatic carbocycles. The Kier molecular flexibility index (Phi) is 3.85. The third-order valence-electron chi connectivity index (χ3n) is 3.02. The van der Waals surface area contributed by atoms with Crippen LogP contribution in [0.15, 0.2) is 22.7 Å². The minimum absolute atomic E-state index is 0.117. The van der Waals surface area contributed by atoms with Gasteiger partial charge in [0.2, 0.25) is 8.32 Å². The summed E-state index contributed by atoms with van der Waals surface area (Å²) in [5, 5.41) is 0.117. The van der Waals surface area contributed by atoms with Gasteiger partial charge in [-0.05, 0) is 30.3 Å². The van der Waals surface area contributed by atoms with Crippen molar-refractivity contribution in [3.8, 4) is 5.75 Å². The monoisotopic (exact) mass is 304 g/mol. The number of hydrogen-bond acceptors (Lipinski definition) is 1. The van der Waals surface area contributed by atoms with Gasteiger partial charge in [0.1, 0.15) is 11.6 Å². The van der Waals surface area contributed by atoms with Gasteiger partial charge in [0.15, 0.2) is 0 Å². The maximum Gasteiger partial charge on any atom is 0.250 e. The summed E-state index contributed by atoms with van der Waals surface area (Å²) < 4.78 is 19.9. The molecule has 1 aromatic rings. The van der Waals surface area contributed by atoms with Gasteiger partial charge in [-0.2, -0.15) is 0 Å². The third-order valence-corrected chi connectivity index (χ3v) is 7.83. The average Bonchev–Trinajstić information content (AvgIpc) is 1.97. The van der Waals surface area contributed by atoms with Gasteiger partial charge in [0.25, 0.3) is 0 Å². The molecule has 16 heavy (non-hydrogen) atoms. The van der Waals surface area contributed by atoms with Crippen molar-refractivity contribution < 1.29 is 8.82 Å². The van der Waals surface area contributed by atoms with Gasteiger partial charge < -0.3 is 4.43 Å². The molecular weight excluding hydrogens is 287 g/mol. The van der Waals surface area contributed by atoms with Crippen LogP contribution in [0.2, 0.25) is 18.1 Å². The van der Waals surface area contributed by atoms with Gasteiger partial charge in [-0.25, -0.2) is 4.39 Å². The van der Waals surface area contributed by atoms with Crippen molar-refractivity contribution in [2.45, 2.75) is 38.9 Å². The van der Waals surface area contributed by atoms with E-state index in [1.165, 1.54) is 12.1 Å². The van der Waals surface area contributed by atoms with Crippen molar-refractivity contribution in [3.63, 3.8) is 0 Å². The van der Waals surface area contributed by atoms with E-state index in [0.29, 0.717) is 10.2 Å². The highest BCUT2D eigenvalue weighted by Crippen LogP contribution is 2.37. The first kappa shape index (κ1) is 13.7. The normalized spacial score (nSPS) is 12.7. The molecular formula is C12H18BrFOSi. The van der Waals surface area contributed by atoms with Gasteiger partial charge in [-0.3, -0.25) is 0 Å². The lowest BCUT2D eigenvalue weighted by atomic mass is 10.2. The van der Waals surface area contributed by atoms with E-state index in [2.05, 4.69) is 49.8 Å². The minimum Gasteiger partial charge on any atom is -0.543 e. The zero-order valence-electron chi connectivity index (χ0n) is 10.4. The first-order valence-corrected chi connectivity index (χ1v) is 8.97. The fraction of sp³-hybridized carbons (Fsp3) is 0.500. The van der Waals surface area contributed by atoms with Crippen LogP contribution in [0.3, 0.4) is 0 Å². The highest BCUT2D eigenvalue weighted by atomic mass is 79.9. The molecule has 0 N–H and O–H groups in total. The first-order valence-electron chi connectivity index (χ1n) is 5.27. The van der Waals surface area contributed by atoms with Crippen molar-refractivity contribution in [2.75, 3.05) is 0 Å². The van der Waals surface area contributed by atoms with E-state index >= 15 is 0 Å². The molecule has 0 fully saturated rings. The number of hydrogen-bond donors (Lipinski definition) is 0. The van der Waals surface area contributed by atoms with Crippen LogP contribution in [0.4, 0.5) is 4.39 Å². The molecule has 90 valence electrons. The van der Waals surface area contributed by atoms with Crippen LogP contribution in [-0.2, 0) is 0 Å². The summed E-state index contributed by atoms with van der Waals surface area (Å²) in [7, 11) is -1.88. The van der Waals surface area contributed by atoms with Crippen molar-refractivity contribution in [1.82, 2.24) is 0 Å². The molecule has 0 spiro atoms. The molecule has 0 radical (unpaired) electrons. The highest BCUT2D eigenvalue weighted by Gasteiger charge is 2.39. The first-order chi connectivity index (χ1) is 7.12. The van der Waals surface area contributed by atoms with Crippen LogP contribution in [-0.4, -0.2) is 8.32 Å². The molecule has 0 heterocycles. The van der Waals surface area contributed by atoms with Crippen molar-refractivity contribution in [3.05, 3.63) is 28.5 Å². The lowest BCUT2D eigenvalue weighted by Gasteiger charge is -2.36. The van der Waals surface area contributed by atoms with Gasteiger partial charge >= 0.3 is 0 Å². The summed E-state index contributed by atoms with van der Waals surface area (Å²) in [5.74, 6) is 0.335. The van der Waals surface area contributed by atoms with Crippen LogP contribution in [0.5, 0.6) is 5.75 Å². The topological polar surface area (TPSA) is 9.23 Å². The second-order valence-electron chi connectivity index (χ2n) is 5.47. The molecule has 1 aromatic carbocycles. The number of rotatable bonds is 2. The summed E-state index contributed by atoms with van der Waals surface area (Å²) in [5.41, 5.74) is 0. The van der Waals surface area contributed by atoms with Crippen LogP contribution < -0.4 is 4.43 Å². The zero-order valence-corrected chi connectivity index (χ0v) is 13.0. The maximum absolute atomic E-state index is 13.2. The van der Waals surface area contributed by atoms with E-state index in [1.54, 1.807) is 0 Å². The highest BCUT2D eigenvalue weighted by molar-refractivity contribution is 9.10. The molecule has 0 saturated carbocycles. The minimum atomic E-state index is -1.88. The average molecular weight is 305 g/mol. The molecule has 0 saturated heterocycles. The molecule has 1 rings (SSSR count). The van der Waals surface area contributed by atoms with E-state index in [4.69, 9.17) is 4.43 Å². The summed E-state index contributed by atoms with van der Waals surface area (Å²) >= 11 is 3.27. The van der Waals surface area contributed by atoms with E-state index in [9.17, 15) is 4.39 Å². The molecule has 0 aliphatic rings. The van der Waals surface area contributed by atoms with E-state index in [-0.39, 0.29) is 10.9 Å². The molecule has 0 unspecified atom stereocenters. The summed E-state index contributed by atoms with van der Waals surface area (Å²) in [6.07, 6.45) is 0. The molecule has 0 bridgehead atoms. The Hall–Kier alpha value is -0.353. The second kappa shape index (κ2) is 4.49. The Morgan fingerprint density at radius 2 is 1.75 bits per heavy atom. The van der Waals surface area contributed by atoms with Crippen LogP contribution in [0, 0.1) is 5.82 Å². The van der Waals surface area contributed by atoms with Crippen molar-refractivity contribution in [1.29, 1.82) is 0 Å². The summed E-state index contributed by atoms with van der Waals surface area (Å²) in [4.78, 5) is 0. The Labute approximate surface area is 106 Å². The van der Waals surface area contributed by atoms with E-state index < -0.39 is 8.32 Å². The smallest absolute Gasteiger partial charge is 0.250 e. The lowest BCUT2D eigenvalue weighted by Crippen LogP contribution is -2.43. The molecule has 1 nitrogen and oxygen atoms in total. The molecule has 4 heteroatoms. The number of halogens is 2. The van der Waals surface area contributed by atoms with Crippen LogP contribution in [0.1, 0.15) is 20.8 Å². The fourth-order valence-electron chi connectivity index (χ4n) is 1.04.